The van der Waals surface area contributed by atoms with Crippen LogP contribution < -0.4 is 5.32 Å². The molecular weight excluding hydrogens is 214 g/mol. The molecule has 1 aromatic rings. The number of hydrogen-bond acceptors (Lipinski definition) is 2. The first kappa shape index (κ1) is 13.7. The monoisotopic (exact) mass is 239 g/mol. The summed E-state index contributed by atoms with van der Waals surface area (Å²) in [6.07, 6.45) is 4.97. The van der Waals surface area contributed by atoms with E-state index in [0.717, 1.165) is 12.5 Å². The Balaban J connectivity index is 2.55. The van der Waals surface area contributed by atoms with E-state index in [1.54, 1.807) is 11.3 Å². The van der Waals surface area contributed by atoms with Crippen molar-refractivity contribution in [2.45, 2.75) is 52.5 Å². The zero-order chi connectivity index (χ0) is 11.8. The Morgan fingerprint density at radius 1 is 1.25 bits per heavy atom. The Morgan fingerprint density at radius 2 is 2.00 bits per heavy atom. The zero-order valence-electron chi connectivity index (χ0n) is 10.8. The van der Waals surface area contributed by atoms with E-state index in [1.807, 2.05) is 0 Å². The van der Waals surface area contributed by atoms with Gasteiger partial charge in [-0.2, -0.15) is 11.3 Å². The van der Waals surface area contributed by atoms with Crippen LogP contribution in [0.15, 0.2) is 16.8 Å². The number of rotatable bonds is 8. The van der Waals surface area contributed by atoms with Gasteiger partial charge in [-0.3, -0.25) is 0 Å². The lowest BCUT2D eigenvalue weighted by molar-refractivity contribution is 0.332. The van der Waals surface area contributed by atoms with E-state index in [9.17, 15) is 0 Å². The van der Waals surface area contributed by atoms with Crippen molar-refractivity contribution in [3.05, 3.63) is 22.4 Å². The summed E-state index contributed by atoms with van der Waals surface area (Å²) >= 11 is 1.80. The van der Waals surface area contributed by atoms with E-state index >= 15 is 0 Å². The third-order valence-corrected chi connectivity index (χ3v) is 4.04. The standard InChI is InChI=1S/C14H25NS/c1-4-8-15-14(13(5-2)6-3)10-12-7-9-16-11-12/h7,9,11,13-15H,4-6,8,10H2,1-3H3. The van der Waals surface area contributed by atoms with Gasteiger partial charge in [0.2, 0.25) is 0 Å². The van der Waals surface area contributed by atoms with Crippen LogP contribution in [0.2, 0.25) is 0 Å². The van der Waals surface area contributed by atoms with E-state index < -0.39 is 0 Å². The molecular formula is C14H25NS. The second kappa shape index (κ2) is 7.86. The van der Waals surface area contributed by atoms with E-state index in [1.165, 1.54) is 31.2 Å². The molecule has 0 aliphatic heterocycles. The third kappa shape index (κ3) is 4.26. The highest BCUT2D eigenvalue weighted by Crippen LogP contribution is 2.18. The molecule has 1 heterocycles. The van der Waals surface area contributed by atoms with Crippen molar-refractivity contribution in [2.75, 3.05) is 6.54 Å². The van der Waals surface area contributed by atoms with E-state index in [4.69, 9.17) is 0 Å². The van der Waals surface area contributed by atoms with Crippen molar-refractivity contribution < 1.29 is 0 Å². The Kier molecular flexibility index (Phi) is 6.74. The van der Waals surface area contributed by atoms with Crippen LogP contribution in [0.25, 0.3) is 0 Å². The quantitative estimate of drug-likeness (QED) is 0.720. The van der Waals surface area contributed by atoms with Gasteiger partial charge in [-0.1, -0.05) is 33.6 Å². The summed E-state index contributed by atoms with van der Waals surface area (Å²) < 4.78 is 0. The Labute approximate surface area is 104 Å². The molecule has 0 fully saturated rings. The SMILES string of the molecule is CCCNC(Cc1ccsc1)C(CC)CC. The third-order valence-electron chi connectivity index (χ3n) is 3.31. The molecule has 0 aliphatic carbocycles. The van der Waals surface area contributed by atoms with E-state index in [2.05, 4.69) is 42.9 Å². The lowest BCUT2D eigenvalue weighted by Gasteiger charge is -2.26. The smallest absolute Gasteiger partial charge is 0.0136 e. The van der Waals surface area contributed by atoms with Crippen LogP contribution in [0, 0.1) is 5.92 Å². The fourth-order valence-corrected chi connectivity index (χ4v) is 2.94. The predicted molar refractivity (Wildman–Crippen MR) is 74.2 cm³/mol. The van der Waals surface area contributed by atoms with Gasteiger partial charge in [-0.05, 0) is 47.7 Å². The highest BCUT2D eigenvalue weighted by molar-refractivity contribution is 7.07. The molecule has 0 aromatic carbocycles. The normalized spacial score (nSPS) is 13.2. The molecule has 0 amide bonds. The molecule has 1 atom stereocenters. The Bertz CT molecular complexity index is 252. The minimum atomic E-state index is 0.657. The maximum atomic E-state index is 3.71. The molecule has 1 N–H and O–H groups in total. The molecule has 0 aliphatic rings. The van der Waals surface area contributed by atoms with Crippen molar-refractivity contribution in [3.8, 4) is 0 Å². The summed E-state index contributed by atoms with van der Waals surface area (Å²) in [4.78, 5) is 0. The first-order valence-electron chi connectivity index (χ1n) is 6.56. The summed E-state index contributed by atoms with van der Waals surface area (Å²) in [5.41, 5.74) is 1.49. The lowest BCUT2D eigenvalue weighted by Crippen LogP contribution is -2.38. The van der Waals surface area contributed by atoms with Crippen LogP contribution in [0.5, 0.6) is 0 Å². The van der Waals surface area contributed by atoms with Crippen LogP contribution >= 0.6 is 11.3 Å². The maximum absolute atomic E-state index is 3.71. The fourth-order valence-electron chi connectivity index (χ4n) is 2.26. The minimum absolute atomic E-state index is 0.657. The summed E-state index contributed by atoms with van der Waals surface area (Å²) in [5.74, 6) is 0.812. The molecule has 92 valence electrons. The van der Waals surface area contributed by atoms with Crippen molar-refractivity contribution in [1.82, 2.24) is 5.32 Å². The van der Waals surface area contributed by atoms with Crippen molar-refractivity contribution in [2.24, 2.45) is 5.92 Å². The minimum Gasteiger partial charge on any atom is -0.313 e. The Morgan fingerprint density at radius 3 is 2.50 bits per heavy atom. The number of nitrogens with one attached hydrogen (secondary N) is 1. The second-order valence-electron chi connectivity index (χ2n) is 4.47. The highest BCUT2D eigenvalue weighted by Gasteiger charge is 2.18. The van der Waals surface area contributed by atoms with Crippen LogP contribution in [-0.2, 0) is 6.42 Å². The van der Waals surface area contributed by atoms with Crippen molar-refractivity contribution in [3.63, 3.8) is 0 Å². The molecule has 0 bridgehead atoms. The molecule has 1 nitrogen and oxygen atoms in total. The lowest BCUT2D eigenvalue weighted by atomic mass is 9.90. The van der Waals surface area contributed by atoms with Crippen LogP contribution in [0.1, 0.15) is 45.6 Å². The molecule has 1 aromatic heterocycles. The van der Waals surface area contributed by atoms with Crippen LogP contribution in [0.4, 0.5) is 0 Å². The van der Waals surface area contributed by atoms with Gasteiger partial charge in [0.25, 0.3) is 0 Å². The zero-order valence-corrected chi connectivity index (χ0v) is 11.6. The summed E-state index contributed by atoms with van der Waals surface area (Å²) in [6, 6.07) is 2.91. The van der Waals surface area contributed by atoms with Gasteiger partial charge in [0.15, 0.2) is 0 Å². The van der Waals surface area contributed by atoms with E-state index in [0.29, 0.717) is 6.04 Å². The van der Waals surface area contributed by atoms with Gasteiger partial charge in [0.1, 0.15) is 0 Å². The van der Waals surface area contributed by atoms with Gasteiger partial charge in [0, 0.05) is 6.04 Å². The van der Waals surface area contributed by atoms with E-state index in [-0.39, 0.29) is 0 Å². The largest absolute Gasteiger partial charge is 0.313 e. The molecule has 0 saturated heterocycles. The maximum Gasteiger partial charge on any atom is 0.0136 e. The van der Waals surface area contributed by atoms with Crippen LogP contribution in [0.3, 0.4) is 0 Å². The molecule has 0 radical (unpaired) electrons. The fraction of sp³-hybridized carbons (Fsp3) is 0.714. The van der Waals surface area contributed by atoms with Crippen molar-refractivity contribution >= 4 is 11.3 Å². The molecule has 2 heteroatoms. The van der Waals surface area contributed by atoms with Gasteiger partial charge >= 0.3 is 0 Å². The summed E-state index contributed by atoms with van der Waals surface area (Å²) in [6.45, 7) is 8.00. The molecule has 1 rings (SSSR count). The molecule has 1 unspecified atom stereocenters. The number of hydrogen-bond donors (Lipinski definition) is 1. The molecule has 0 saturated carbocycles. The first-order chi connectivity index (χ1) is 7.81. The van der Waals surface area contributed by atoms with Gasteiger partial charge in [0.05, 0.1) is 0 Å². The predicted octanol–water partition coefficient (Wildman–Crippen LogP) is 4.10. The second-order valence-corrected chi connectivity index (χ2v) is 5.25. The first-order valence-corrected chi connectivity index (χ1v) is 7.50. The van der Waals surface area contributed by atoms with Gasteiger partial charge in [-0.25, -0.2) is 0 Å². The number of thiophene rings is 1. The van der Waals surface area contributed by atoms with Gasteiger partial charge in [-0.15, -0.1) is 0 Å². The van der Waals surface area contributed by atoms with Gasteiger partial charge < -0.3 is 5.32 Å². The van der Waals surface area contributed by atoms with Crippen molar-refractivity contribution in [1.29, 1.82) is 0 Å². The van der Waals surface area contributed by atoms with Crippen LogP contribution in [-0.4, -0.2) is 12.6 Å². The molecule has 16 heavy (non-hydrogen) atoms. The highest BCUT2D eigenvalue weighted by atomic mass is 32.1. The average Bonchev–Trinajstić information content (AvgIpc) is 2.80. The Hall–Kier alpha value is -0.340. The molecule has 0 spiro atoms. The summed E-state index contributed by atoms with van der Waals surface area (Å²) in [5, 5.41) is 8.17. The average molecular weight is 239 g/mol. The topological polar surface area (TPSA) is 12.0 Å². The summed E-state index contributed by atoms with van der Waals surface area (Å²) in [7, 11) is 0.